The van der Waals surface area contributed by atoms with Gasteiger partial charge in [0.25, 0.3) is 0 Å². The summed E-state index contributed by atoms with van der Waals surface area (Å²) in [4.78, 5) is 6.85. The molecule has 1 aliphatic rings. The lowest BCUT2D eigenvalue weighted by molar-refractivity contribution is 0.122. The Hall–Kier alpha value is -2.77. The zero-order valence-corrected chi connectivity index (χ0v) is 12.8. The van der Waals surface area contributed by atoms with Crippen molar-refractivity contribution >= 4 is 16.7 Å². The van der Waals surface area contributed by atoms with Gasteiger partial charge in [-0.15, -0.1) is 6.42 Å². The van der Waals surface area contributed by atoms with Gasteiger partial charge in [0.15, 0.2) is 5.82 Å². The SMILES string of the molecule is C#Cc1nc2ccccc2n1-c1ccc(N2CCOCC2)cc1. The van der Waals surface area contributed by atoms with E-state index in [0.29, 0.717) is 5.82 Å². The molecule has 3 aromatic rings. The molecule has 1 aromatic heterocycles. The predicted octanol–water partition coefficient (Wildman–Crippen LogP) is 2.84. The van der Waals surface area contributed by atoms with E-state index < -0.39 is 0 Å². The molecule has 4 rings (SSSR count). The molecule has 0 aliphatic carbocycles. The summed E-state index contributed by atoms with van der Waals surface area (Å²) in [6.45, 7) is 3.44. The maximum Gasteiger partial charge on any atom is 0.190 e. The van der Waals surface area contributed by atoms with Crippen LogP contribution in [0.15, 0.2) is 48.5 Å². The van der Waals surface area contributed by atoms with E-state index in [1.807, 2.05) is 28.8 Å². The van der Waals surface area contributed by atoms with Crippen LogP contribution in [0.1, 0.15) is 5.82 Å². The van der Waals surface area contributed by atoms with Crippen molar-refractivity contribution in [3.05, 3.63) is 54.4 Å². The molecule has 0 radical (unpaired) electrons. The predicted molar refractivity (Wildman–Crippen MR) is 92.0 cm³/mol. The third kappa shape index (κ3) is 2.45. The lowest BCUT2D eigenvalue weighted by Gasteiger charge is -2.29. The number of hydrogen-bond donors (Lipinski definition) is 0. The minimum absolute atomic E-state index is 0.630. The van der Waals surface area contributed by atoms with E-state index in [2.05, 4.69) is 40.1 Å². The Kier molecular flexibility index (Phi) is 3.49. The van der Waals surface area contributed by atoms with E-state index in [0.717, 1.165) is 43.0 Å². The molecule has 4 heteroatoms. The van der Waals surface area contributed by atoms with Gasteiger partial charge in [-0.3, -0.25) is 4.57 Å². The Morgan fingerprint density at radius 2 is 1.65 bits per heavy atom. The fraction of sp³-hybridized carbons (Fsp3) is 0.211. The molecule has 1 fully saturated rings. The zero-order valence-electron chi connectivity index (χ0n) is 12.8. The van der Waals surface area contributed by atoms with Crippen LogP contribution < -0.4 is 4.90 Å². The minimum Gasteiger partial charge on any atom is -0.378 e. The Morgan fingerprint density at radius 1 is 0.957 bits per heavy atom. The maximum atomic E-state index is 5.64. The Morgan fingerprint density at radius 3 is 2.39 bits per heavy atom. The van der Waals surface area contributed by atoms with Crippen LogP contribution in [-0.4, -0.2) is 35.9 Å². The van der Waals surface area contributed by atoms with Crippen LogP contribution in [0.4, 0.5) is 5.69 Å². The van der Waals surface area contributed by atoms with Crippen molar-refractivity contribution in [3.63, 3.8) is 0 Å². The van der Waals surface area contributed by atoms with Gasteiger partial charge < -0.3 is 9.64 Å². The third-order valence-corrected chi connectivity index (χ3v) is 4.17. The van der Waals surface area contributed by atoms with Crippen LogP contribution in [0.3, 0.4) is 0 Å². The van der Waals surface area contributed by atoms with E-state index in [-0.39, 0.29) is 0 Å². The van der Waals surface area contributed by atoms with Crippen molar-refractivity contribution in [2.24, 2.45) is 0 Å². The first-order chi connectivity index (χ1) is 11.4. The number of benzene rings is 2. The molecule has 114 valence electrons. The molecule has 1 aliphatic heterocycles. The number of aromatic nitrogens is 2. The summed E-state index contributed by atoms with van der Waals surface area (Å²) >= 11 is 0. The number of ether oxygens (including phenoxy) is 1. The summed E-state index contributed by atoms with van der Waals surface area (Å²) < 4.78 is 7.43. The quantitative estimate of drug-likeness (QED) is 0.682. The third-order valence-electron chi connectivity index (χ3n) is 4.17. The van der Waals surface area contributed by atoms with Crippen LogP contribution in [0.2, 0.25) is 0 Å². The molecule has 1 saturated heterocycles. The highest BCUT2D eigenvalue weighted by molar-refractivity contribution is 5.79. The van der Waals surface area contributed by atoms with Crippen molar-refractivity contribution in [3.8, 4) is 18.0 Å². The van der Waals surface area contributed by atoms with Crippen molar-refractivity contribution in [1.29, 1.82) is 0 Å². The molecule has 0 atom stereocenters. The normalized spacial score (nSPS) is 14.8. The molecular formula is C19H17N3O. The molecule has 2 heterocycles. The first-order valence-corrected chi connectivity index (χ1v) is 7.74. The minimum atomic E-state index is 0.630. The fourth-order valence-electron chi connectivity index (χ4n) is 3.02. The van der Waals surface area contributed by atoms with Gasteiger partial charge in [-0.25, -0.2) is 4.98 Å². The van der Waals surface area contributed by atoms with Crippen LogP contribution in [0.25, 0.3) is 16.7 Å². The lowest BCUT2D eigenvalue weighted by Crippen LogP contribution is -2.36. The molecule has 23 heavy (non-hydrogen) atoms. The van der Waals surface area contributed by atoms with Gasteiger partial charge in [-0.2, -0.15) is 0 Å². The number of imidazole rings is 1. The number of terminal acetylenes is 1. The summed E-state index contributed by atoms with van der Waals surface area (Å²) in [5, 5.41) is 0. The Balaban J connectivity index is 1.75. The summed E-state index contributed by atoms with van der Waals surface area (Å²) in [7, 11) is 0. The lowest BCUT2D eigenvalue weighted by atomic mass is 10.2. The van der Waals surface area contributed by atoms with E-state index in [1.165, 1.54) is 5.69 Å². The molecule has 0 unspecified atom stereocenters. The highest BCUT2D eigenvalue weighted by atomic mass is 16.5. The average Bonchev–Trinajstić information content (AvgIpc) is 3.01. The second-order valence-corrected chi connectivity index (χ2v) is 5.52. The molecule has 0 amide bonds. The summed E-state index contributed by atoms with van der Waals surface area (Å²) in [5.74, 6) is 3.32. The summed E-state index contributed by atoms with van der Waals surface area (Å²) in [5.41, 5.74) is 4.18. The molecule has 0 N–H and O–H groups in total. The summed E-state index contributed by atoms with van der Waals surface area (Å²) in [6, 6.07) is 16.5. The van der Waals surface area contributed by atoms with Crippen molar-refractivity contribution in [2.45, 2.75) is 0 Å². The van der Waals surface area contributed by atoms with Crippen molar-refractivity contribution < 1.29 is 4.74 Å². The molecule has 2 aromatic carbocycles. The Labute approximate surface area is 135 Å². The van der Waals surface area contributed by atoms with E-state index in [9.17, 15) is 0 Å². The van der Waals surface area contributed by atoms with Crippen LogP contribution in [-0.2, 0) is 4.74 Å². The fourth-order valence-corrected chi connectivity index (χ4v) is 3.02. The van der Waals surface area contributed by atoms with E-state index in [1.54, 1.807) is 0 Å². The van der Waals surface area contributed by atoms with Crippen LogP contribution in [0.5, 0.6) is 0 Å². The maximum absolute atomic E-state index is 5.64. The molecule has 0 saturated carbocycles. The molecule has 0 bridgehead atoms. The number of para-hydroxylation sites is 2. The van der Waals surface area contributed by atoms with E-state index >= 15 is 0 Å². The highest BCUT2D eigenvalue weighted by Gasteiger charge is 2.13. The summed E-state index contributed by atoms with van der Waals surface area (Å²) in [6.07, 6.45) is 5.64. The standard InChI is InChI=1S/C19H17N3O/c1-2-19-20-17-5-3-4-6-18(17)22(19)16-9-7-15(8-10-16)21-11-13-23-14-12-21/h1,3-10H,11-14H2. The molecule has 4 nitrogen and oxygen atoms in total. The Bertz CT molecular complexity index is 868. The largest absolute Gasteiger partial charge is 0.378 e. The topological polar surface area (TPSA) is 30.3 Å². The number of anilines is 1. The smallest absolute Gasteiger partial charge is 0.190 e. The van der Waals surface area contributed by atoms with Gasteiger partial charge >= 0.3 is 0 Å². The highest BCUT2D eigenvalue weighted by Crippen LogP contribution is 2.24. The average molecular weight is 303 g/mol. The van der Waals surface area contributed by atoms with Crippen molar-refractivity contribution in [1.82, 2.24) is 9.55 Å². The first kappa shape index (κ1) is 13.9. The van der Waals surface area contributed by atoms with Crippen molar-refractivity contribution in [2.75, 3.05) is 31.2 Å². The van der Waals surface area contributed by atoms with Crippen LogP contribution in [0, 0.1) is 12.3 Å². The molecule has 0 spiro atoms. The monoisotopic (exact) mass is 303 g/mol. The van der Waals surface area contributed by atoms with Gasteiger partial charge in [-0.1, -0.05) is 12.1 Å². The first-order valence-electron chi connectivity index (χ1n) is 7.74. The van der Waals surface area contributed by atoms with Gasteiger partial charge in [-0.05, 0) is 42.3 Å². The number of morpholine rings is 1. The number of fused-ring (bicyclic) bond motifs is 1. The number of nitrogens with zero attached hydrogens (tertiary/aromatic N) is 3. The van der Waals surface area contributed by atoms with Crippen LogP contribution >= 0.6 is 0 Å². The second-order valence-electron chi connectivity index (χ2n) is 5.52. The van der Waals surface area contributed by atoms with Gasteiger partial charge in [0.2, 0.25) is 0 Å². The number of rotatable bonds is 2. The van der Waals surface area contributed by atoms with Gasteiger partial charge in [0.1, 0.15) is 0 Å². The second kappa shape index (κ2) is 5.79. The van der Waals surface area contributed by atoms with Gasteiger partial charge in [0, 0.05) is 24.5 Å². The van der Waals surface area contributed by atoms with Gasteiger partial charge in [0.05, 0.1) is 24.2 Å². The number of hydrogen-bond acceptors (Lipinski definition) is 3. The van der Waals surface area contributed by atoms with E-state index in [4.69, 9.17) is 11.2 Å². The zero-order chi connectivity index (χ0) is 15.6. The molecular weight excluding hydrogens is 286 g/mol.